The van der Waals surface area contributed by atoms with Crippen molar-refractivity contribution in [3.05, 3.63) is 71.8 Å². The molecule has 8 nitrogen and oxygen atoms in total. The first-order valence-electron chi connectivity index (χ1n) is 13.2. The molecule has 3 aromatic rings. The summed E-state index contributed by atoms with van der Waals surface area (Å²) in [6.07, 6.45) is -2.89. The number of carbonyl (C=O) groups excluding carboxylic acids is 2. The third kappa shape index (κ3) is 6.04. The number of urea groups is 1. The zero-order chi connectivity index (χ0) is 28.4. The van der Waals surface area contributed by atoms with E-state index in [0.29, 0.717) is 48.8 Å². The van der Waals surface area contributed by atoms with Crippen LogP contribution < -0.4 is 20.9 Å². The third-order valence-corrected chi connectivity index (χ3v) is 7.39. The quantitative estimate of drug-likeness (QED) is 0.469. The molecule has 5 rings (SSSR count). The Hall–Kier alpha value is -4.12. The van der Waals surface area contributed by atoms with Gasteiger partial charge >= 0.3 is 12.2 Å². The minimum atomic E-state index is -4.47. The molecule has 0 radical (unpaired) electrons. The second kappa shape index (κ2) is 11.2. The van der Waals surface area contributed by atoms with Crippen LogP contribution in [0.1, 0.15) is 29.9 Å². The van der Waals surface area contributed by atoms with Gasteiger partial charge in [0.2, 0.25) is 5.91 Å². The van der Waals surface area contributed by atoms with Crippen LogP contribution >= 0.6 is 0 Å². The summed E-state index contributed by atoms with van der Waals surface area (Å²) in [5, 5.41) is 2.98. The molecule has 0 spiro atoms. The fraction of sp³-hybridized carbons (Fsp3) is 0.345. The molecule has 3 heterocycles. The van der Waals surface area contributed by atoms with E-state index < -0.39 is 11.7 Å². The van der Waals surface area contributed by atoms with Crippen LogP contribution in [0.25, 0.3) is 11.3 Å². The number of amides is 3. The van der Waals surface area contributed by atoms with Crippen molar-refractivity contribution in [1.29, 1.82) is 0 Å². The highest BCUT2D eigenvalue weighted by atomic mass is 19.4. The summed E-state index contributed by atoms with van der Waals surface area (Å²) in [5.74, 6) is 0.261. The topological polar surface area (TPSA) is 94.8 Å². The minimum absolute atomic E-state index is 0.223. The van der Waals surface area contributed by atoms with Crippen molar-refractivity contribution in [2.45, 2.75) is 24.9 Å². The van der Waals surface area contributed by atoms with Crippen LogP contribution in [-0.2, 0) is 11.0 Å². The van der Waals surface area contributed by atoms with Crippen LogP contribution in [0.4, 0.5) is 35.2 Å². The van der Waals surface area contributed by atoms with Gasteiger partial charge in [0.05, 0.1) is 23.5 Å². The predicted octanol–water partition coefficient (Wildman–Crippen LogP) is 4.92. The van der Waals surface area contributed by atoms with Gasteiger partial charge in [-0.1, -0.05) is 24.3 Å². The predicted molar refractivity (Wildman–Crippen MR) is 148 cm³/mol. The van der Waals surface area contributed by atoms with Crippen LogP contribution in [-0.4, -0.2) is 61.6 Å². The Bertz CT molecular complexity index is 1410. The molecule has 0 saturated carbocycles. The van der Waals surface area contributed by atoms with Crippen LogP contribution in [0.3, 0.4) is 0 Å². The third-order valence-electron chi connectivity index (χ3n) is 7.39. The van der Waals surface area contributed by atoms with Gasteiger partial charge in [0.15, 0.2) is 5.82 Å². The standard InChI is InChI=1S/C29H31F3N6O2/c1-36-12-4-13-38(27-25(36)10-9-24(35-27)20-6-2-7-22(15-20)29(30,31)32)28(40)34-23-8-3-5-19(16-23)21-11-14-37(17-21)18-26(33)39/h2-3,5-10,15-16,21H,4,11-14,17-18H2,1H3,(H2,33,39)(H,34,40). The number of hydrogen-bond acceptors (Lipinski definition) is 5. The molecule has 1 saturated heterocycles. The molecule has 1 unspecified atom stereocenters. The van der Waals surface area contributed by atoms with E-state index in [9.17, 15) is 22.8 Å². The zero-order valence-electron chi connectivity index (χ0n) is 22.1. The van der Waals surface area contributed by atoms with Gasteiger partial charge in [0.25, 0.3) is 0 Å². The van der Waals surface area contributed by atoms with Gasteiger partial charge in [-0.2, -0.15) is 13.2 Å². The lowest BCUT2D eigenvalue weighted by atomic mass is 9.98. The first-order chi connectivity index (χ1) is 19.1. The fourth-order valence-electron chi connectivity index (χ4n) is 5.37. The smallest absolute Gasteiger partial charge is 0.372 e. The van der Waals surface area contributed by atoms with Crippen molar-refractivity contribution < 1.29 is 22.8 Å². The molecule has 2 aliphatic rings. The molecule has 2 aliphatic heterocycles. The van der Waals surface area contributed by atoms with Crippen LogP contribution in [0.15, 0.2) is 60.7 Å². The van der Waals surface area contributed by atoms with E-state index in [1.807, 2.05) is 41.1 Å². The van der Waals surface area contributed by atoms with E-state index in [1.54, 1.807) is 23.1 Å². The van der Waals surface area contributed by atoms with Gasteiger partial charge in [-0.25, -0.2) is 9.78 Å². The summed E-state index contributed by atoms with van der Waals surface area (Å²) in [6, 6.07) is 15.8. The Kier molecular flexibility index (Phi) is 7.66. The molecule has 0 aliphatic carbocycles. The summed E-state index contributed by atoms with van der Waals surface area (Å²) >= 11 is 0. The summed E-state index contributed by atoms with van der Waals surface area (Å²) < 4.78 is 40.0. The normalized spacial score (nSPS) is 17.9. The molecule has 2 aromatic carbocycles. The van der Waals surface area contributed by atoms with Gasteiger partial charge < -0.3 is 16.0 Å². The van der Waals surface area contributed by atoms with E-state index >= 15 is 0 Å². The summed E-state index contributed by atoms with van der Waals surface area (Å²) in [7, 11) is 1.90. The van der Waals surface area contributed by atoms with Crippen molar-refractivity contribution >= 4 is 29.1 Å². The van der Waals surface area contributed by atoms with Gasteiger partial charge in [-0.05, 0) is 67.3 Å². The second-order valence-corrected chi connectivity index (χ2v) is 10.3. The average molecular weight is 553 g/mol. The molecule has 11 heteroatoms. The van der Waals surface area contributed by atoms with Crippen molar-refractivity contribution in [2.75, 3.05) is 54.9 Å². The Morgan fingerprint density at radius 3 is 2.62 bits per heavy atom. The van der Waals surface area contributed by atoms with Gasteiger partial charge in [0, 0.05) is 37.9 Å². The van der Waals surface area contributed by atoms with E-state index in [1.165, 1.54) is 6.07 Å². The SMILES string of the molecule is CN1CCCN(C(=O)Nc2cccc(C3CCN(CC(N)=O)C3)c2)c2nc(-c3cccc(C(F)(F)F)c3)ccc21. The molecule has 1 atom stereocenters. The number of halogens is 3. The maximum atomic E-state index is 13.6. The molecule has 1 aromatic heterocycles. The number of likely N-dealkylation sites (tertiary alicyclic amines) is 1. The Labute approximate surface area is 230 Å². The Balaban J connectivity index is 1.39. The number of benzene rings is 2. The highest BCUT2D eigenvalue weighted by molar-refractivity contribution is 6.03. The number of alkyl halides is 3. The lowest BCUT2D eigenvalue weighted by Crippen LogP contribution is -2.36. The summed E-state index contributed by atoms with van der Waals surface area (Å²) in [6.45, 7) is 2.81. The minimum Gasteiger partial charge on any atom is -0.372 e. The van der Waals surface area contributed by atoms with E-state index in [4.69, 9.17) is 5.73 Å². The molecule has 1 fully saturated rings. The van der Waals surface area contributed by atoms with E-state index in [-0.39, 0.29) is 24.4 Å². The second-order valence-electron chi connectivity index (χ2n) is 10.3. The number of nitrogens with one attached hydrogen (secondary N) is 1. The number of nitrogens with zero attached hydrogens (tertiary/aromatic N) is 4. The maximum absolute atomic E-state index is 13.6. The van der Waals surface area contributed by atoms with Crippen LogP contribution in [0.2, 0.25) is 0 Å². The van der Waals surface area contributed by atoms with Crippen molar-refractivity contribution in [2.24, 2.45) is 5.73 Å². The van der Waals surface area contributed by atoms with Crippen molar-refractivity contribution in [3.63, 3.8) is 0 Å². The molecule has 3 amide bonds. The molecule has 3 N–H and O–H groups in total. The zero-order valence-corrected chi connectivity index (χ0v) is 22.1. The number of aromatic nitrogens is 1. The number of pyridine rings is 1. The van der Waals surface area contributed by atoms with Crippen LogP contribution in [0.5, 0.6) is 0 Å². The Morgan fingerprint density at radius 1 is 1.05 bits per heavy atom. The number of anilines is 3. The molecular formula is C29H31F3N6O2. The van der Waals surface area contributed by atoms with Gasteiger partial charge in [-0.3, -0.25) is 14.6 Å². The molecular weight excluding hydrogens is 521 g/mol. The number of primary amides is 1. The van der Waals surface area contributed by atoms with E-state index in [0.717, 1.165) is 36.3 Å². The average Bonchev–Trinajstić information content (AvgIpc) is 3.31. The van der Waals surface area contributed by atoms with Crippen molar-refractivity contribution in [1.82, 2.24) is 9.88 Å². The fourth-order valence-corrected chi connectivity index (χ4v) is 5.37. The highest BCUT2D eigenvalue weighted by Gasteiger charge is 2.31. The molecule has 210 valence electrons. The number of nitrogens with two attached hydrogens (primary N) is 1. The molecule has 0 bridgehead atoms. The van der Waals surface area contributed by atoms with Gasteiger partial charge in [0.1, 0.15) is 0 Å². The lowest BCUT2D eigenvalue weighted by molar-refractivity contribution is -0.137. The van der Waals surface area contributed by atoms with Gasteiger partial charge in [-0.15, -0.1) is 0 Å². The molecule has 40 heavy (non-hydrogen) atoms. The summed E-state index contributed by atoms with van der Waals surface area (Å²) in [4.78, 5) is 35.1. The largest absolute Gasteiger partial charge is 0.416 e. The van der Waals surface area contributed by atoms with E-state index in [2.05, 4.69) is 10.3 Å². The number of carbonyl (C=O) groups is 2. The maximum Gasteiger partial charge on any atom is 0.416 e. The number of hydrogen-bond donors (Lipinski definition) is 2. The highest BCUT2D eigenvalue weighted by Crippen LogP contribution is 2.36. The number of fused-ring (bicyclic) bond motifs is 1. The number of rotatable bonds is 5. The lowest BCUT2D eigenvalue weighted by Gasteiger charge is -2.24. The van der Waals surface area contributed by atoms with Crippen LogP contribution in [0, 0.1) is 0 Å². The Morgan fingerprint density at radius 2 is 1.85 bits per heavy atom. The monoisotopic (exact) mass is 552 g/mol. The first-order valence-corrected chi connectivity index (χ1v) is 13.2. The first kappa shape index (κ1) is 27.4. The van der Waals surface area contributed by atoms with Crippen molar-refractivity contribution in [3.8, 4) is 11.3 Å². The summed E-state index contributed by atoms with van der Waals surface area (Å²) in [5.41, 5.74) is 7.66.